The Morgan fingerprint density at radius 3 is 2.74 bits per heavy atom. The minimum Gasteiger partial charge on any atom is -0.493 e. The van der Waals surface area contributed by atoms with Gasteiger partial charge in [0.05, 0.1) is 24.9 Å². The van der Waals surface area contributed by atoms with Gasteiger partial charge in [-0.3, -0.25) is 0 Å². The van der Waals surface area contributed by atoms with E-state index in [1.807, 2.05) is 13.1 Å². The van der Waals surface area contributed by atoms with E-state index in [9.17, 15) is 4.39 Å². The number of hydrogen-bond acceptors (Lipinski definition) is 6. The largest absolute Gasteiger partial charge is 0.493 e. The minimum absolute atomic E-state index is 0.262. The van der Waals surface area contributed by atoms with Crippen molar-refractivity contribution in [1.82, 2.24) is 19.5 Å². The van der Waals surface area contributed by atoms with Crippen molar-refractivity contribution in [2.75, 3.05) is 19.0 Å². The van der Waals surface area contributed by atoms with Gasteiger partial charge in [-0.2, -0.15) is 0 Å². The van der Waals surface area contributed by atoms with E-state index in [2.05, 4.69) is 24.8 Å². The summed E-state index contributed by atoms with van der Waals surface area (Å²) in [5, 5.41) is 3.99. The van der Waals surface area contributed by atoms with Crippen LogP contribution in [-0.4, -0.2) is 33.2 Å². The quantitative estimate of drug-likeness (QED) is 0.381. The lowest BCUT2D eigenvalue weighted by Crippen LogP contribution is -2.06. The number of ether oxygens (including phenoxy) is 2. The van der Waals surface area contributed by atoms with Gasteiger partial charge < -0.3 is 19.4 Å². The minimum atomic E-state index is -0.473. The van der Waals surface area contributed by atoms with E-state index in [4.69, 9.17) is 21.1 Å². The Balaban J connectivity index is 1.54. The molecule has 9 heteroatoms. The molecule has 0 aliphatic carbocycles. The fourth-order valence-corrected chi connectivity index (χ4v) is 3.37. The third-order valence-corrected chi connectivity index (χ3v) is 5.06. The number of nitrogens with one attached hydrogen (secondary N) is 1. The van der Waals surface area contributed by atoms with Crippen LogP contribution in [0, 0.1) is 12.7 Å². The van der Waals surface area contributed by atoms with E-state index in [0.29, 0.717) is 39.8 Å². The normalized spacial score (nSPS) is 11.0. The first kappa shape index (κ1) is 20.9. The van der Waals surface area contributed by atoms with Gasteiger partial charge in [-0.15, -0.1) is 0 Å². The molecule has 0 amide bonds. The van der Waals surface area contributed by atoms with Crippen molar-refractivity contribution in [2.45, 2.75) is 19.9 Å². The summed E-state index contributed by atoms with van der Waals surface area (Å²) in [5.41, 5.74) is 0.909. The average molecular weight is 442 g/mol. The van der Waals surface area contributed by atoms with Crippen molar-refractivity contribution in [2.24, 2.45) is 0 Å². The highest BCUT2D eigenvalue weighted by Crippen LogP contribution is 2.35. The maximum Gasteiger partial charge on any atom is 0.163 e. The molecule has 0 saturated carbocycles. The second kappa shape index (κ2) is 9.18. The van der Waals surface area contributed by atoms with Crippen LogP contribution in [-0.2, 0) is 6.54 Å². The third-order valence-electron chi connectivity index (χ3n) is 4.83. The van der Waals surface area contributed by atoms with Crippen LogP contribution in [0.4, 0.5) is 15.9 Å². The molecule has 0 atom stereocenters. The molecule has 2 aromatic heterocycles. The molecule has 0 bridgehead atoms. The van der Waals surface area contributed by atoms with Crippen LogP contribution >= 0.6 is 11.6 Å². The molecule has 0 aliphatic heterocycles. The topological polar surface area (TPSA) is 74.1 Å². The zero-order chi connectivity index (χ0) is 21.8. The molecule has 0 fully saturated rings. The Morgan fingerprint density at radius 1 is 1.13 bits per heavy atom. The number of benzene rings is 2. The van der Waals surface area contributed by atoms with Crippen LogP contribution in [0.15, 0.2) is 49.1 Å². The number of aromatic nitrogens is 4. The number of rotatable bonds is 8. The summed E-state index contributed by atoms with van der Waals surface area (Å²) in [6.45, 7) is 3.28. The van der Waals surface area contributed by atoms with E-state index in [-0.39, 0.29) is 5.69 Å². The van der Waals surface area contributed by atoms with Crippen LogP contribution < -0.4 is 14.8 Å². The summed E-state index contributed by atoms with van der Waals surface area (Å²) < 4.78 is 27.7. The first-order valence-electron chi connectivity index (χ1n) is 9.70. The lowest BCUT2D eigenvalue weighted by molar-refractivity contribution is 0.283. The van der Waals surface area contributed by atoms with Crippen molar-refractivity contribution in [3.8, 4) is 11.5 Å². The van der Waals surface area contributed by atoms with Crippen LogP contribution in [0.25, 0.3) is 10.9 Å². The van der Waals surface area contributed by atoms with Crippen LogP contribution in [0.2, 0.25) is 5.02 Å². The molecule has 0 saturated heterocycles. The number of hydrogen-bond donors (Lipinski definition) is 1. The van der Waals surface area contributed by atoms with Crippen molar-refractivity contribution >= 4 is 34.0 Å². The van der Waals surface area contributed by atoms with Gasteiger partial charge in [0.15, 0.2) is 11.5 Å². The van der Waals surface area contributed by atoms with E-state index >= 15 is 0 Å². The highest BCUT2D eigenvalue weighted by Gasteiger charge is 2.13. The van der Waals surface area contributed by atoms with Gasteiger partial charge >= 0.3 is 0 Å². The van der Waals surface area contributed by atoms with Crippen molar-refractivity contribution in [1.29, 1.82) is 0 Å². The molecule has 160 valence electrons. The first-order chi connectivity index (χ1) is 15.0. The number of imidazole rings is 1. The Kier molecular flexibility index (Phi) is 6.18. The van der Waals surface area contributed by atoms with E-state index in [1.54, 1.807) is 37.6 Å². The van der Waals surface area contributed by atoms with Gasteiger partial charge in [-0.05, 0) is 37.6 Å². The molecule has 1 N–H and O–H groups in total. The van der Waals surface area contributed by atoms with Crippen molar-refractivity contribution in [3.05, 3.63) is 65.7 Å². The van der Waals surface area contributed by atoms with Crippen molar-refractivity contribution in [3.63, 3.8) is 0 Å². The van der Waals surface area contributed by atoms with Gasteiger partial charge in [0.1, 0.15) is 23.8 Å². The number of fused-ring (bicyclic) bond motifs is 1. The molecule has 0 aliphatic rings. The zero-order valence-electron chi connectivity index (χ0n) is 17.1. The Bertz CT molecular complexity index is 1210. The summed E-state index contributed by atoms with van der Waals surface area (Å²) in [4.78, 5) is 12.8. The van der Waals surface area contributed by atoms with Gasteiger partial charge in [0.2, 0.25) is 0 Å². The van der Waals surface area contributed by atoms with E-state index in [1.165, 1.54) is 12.4 Å². The fraction of sp³-hybridized carbons (Fsp3) is 0.227. The standard InChI is InChI=1S/C22H21ClFN5O2/c1-14-25-6-8-29(14)7-3-9-31-21-12-19-16(11-20(21)30-2)22(27-13-26-19)28-18-5-4-15(23)10-17(18)24/h4-6,8,10-13H,3,7,9H2,1-2H3,(H,26,27,28). The number of aryl methyl sites for hydroxylation is 2. The lowest BCUT2D eigenvalue weighted by atomic mass is 10.2. The van der Waals surface area contributed by atoms with E-state index in [0.717, 1.165) is 18.8 Å². The fourth-order valence-electron chi connectivity index (χ4n) is 3.21. The van der Waals surface area contributed by atoms with Crippen LogP contribution in [0.3, 0.4) is 0 Å². The third kappa shape index (κ3) is 4.69. The molecular formula is C22H21ClFN5O2. The molecule has 0 spiro atoms. The summed E-state index contributed by atoms with van der Waals surface area (Å²) >= 11 is 5.83. The Hall–Kier alpha value is -3.39. The second-order valence-corrected chi connectivity index (χ2v) is 7.30. The van der Waals surface area contributed by atoms with Gasteiger partial charge in [0, 0.05) is 35.4 Å². The number of methoxy groups -OCH3 is 1. The molecule has 0 unspecified atom stereocenters. The smallest absolute Gasteiger partial charge is 0.163 e. The monoisotopic (exact) mass is 441 g/mol. The summed E-state index contributed by atoms with van der Waals surface area (Å²) in [5.74, 6) is 2.07. The summed E-state index contributed by atoms with van der Waals surface area (Å²) in [7, 11) is 1.57. The van der Waals surface area contributed by atoms with Gasteiger partial charge in [-0.25, -0.2) is 19.3 Å². The molecule has 0 radical (unpaired) electrons. The SMILES string of the molecule is COc1cc2c(Nc3ccc(Cl)cc3F)ncnc2cc1OCCCn1ccnc1C. The molecule has 7 nitrogen and oxygen atoms in total. The molecule has 2 aromatic carbocycles. The van der Waals surface area contributed by atoms with Gasteiger partial charge in [0.25, 0.3) is 0 Å². The number of anilines is 2. The predicted octanol–water partition coefficient (Wildman–Crippen LogP) is 5.15. The average Bonchev–Trinajstić information content (AvgIpc) is 3.17. The first-order valence-corrected chi connectivity index (χ1v) is 10.1. The molecule has 4 aromatic rings. The Labute approximate surface area is 183 Å². The summed E-state index contributed by atoms with van der Waals surface area (Å²) in [6, 6.07) is 7.98. The number of halogens is 2. The lowest BCUT2D eigenvalue weighted by Gasteiger charge is -2.14. The number of nitrogens with zero attached hydrogens (tertiary/aromatic N) is 4. The maximum atomic E-state index is 14.2. The van der Waals surface area contributed by atoms with Crippen LogP contribution in [0.5, 0.6) is 11.5 Å². The Morgan fingerprint density at radius 2 is 2.00 bits per heavy atom. The molecular weight excluding hydrogens is 421 g/mol. The highest BCUT2D eigenvalue weighted by atomic mass is 35.5. The maximum absolute atomic E-state index is 14.2. The van der Waals surface area contributed by atoms with Crippen molar-refractivity contribution < 1.29 is 13.9 Å². The highest BCUT2D eigenvalue weighted by molar-refractivity contribution is 6.30. The predicted molar refractivity (Wildman–Crippen MR) is 118 cm³/mol. The van der Waals surface area contributed by atoms with Crippen LogP contribution in [0.1, 0.15) is 12.2 Å². The van der Waals surface area contributed by atoms with Gasteiger partial charge in [-0.1, -0.05) is 11.6 Å². The second-order valence-electron chi connectivity index (χ2n) is 6.86. The zero-order valence-corrected chi connectivity index (χ0v) is 17.9. The summed E-state index contributed by atoms with van der Waals surface area (Å²) in [6.07, 6.45) is 5.95. The molecule has 4 rings (SSSR count). The van der Waals surface area contributed by atoms with E-state index < -0.39 is 5.82 Å². The molecule has 2 heterocycles. The molecule has 31 heavy (non-hydrogen) atoms.